The van der Waals surface area contributed by atoms with Crippen LogP contribution in [0.2, 0.25) is 0 Å². The lowest BCUT2D eigenvalue weighted by atomic mass is 9.91. The van der Waals surface area contributed by atoms with E-state index in [0.717, 1.165) is 68.0 Å². The number of fused-ring (bicyclic) bond motifs is 1. The van der Waals surface area contributed by atoms with E-state index in [-0.39, 0.29) is 0 Å². The summed E-state index contributed by atoms with van der Waals surface area (Å²) in [6, 6.07) is 19.9. The van der Waals surface area contributed by atoms with Gasteiger partial charge in [-0.15, -0.1) is 0 Å². The SMILES string of the molecule is Cc1cccc(N(CCC#N)CCN[C@H]2CC[C@@H](Nc3nc(N(C)C)c4ccccc4n3)CC2)c1. The Labute approximate surface area is 209 Å². The zero-order chi connectivity index (χ0) is 24.6. The third-order valence-corrected chi connectivity index (χ3v) is 6.74. The highest BCUT2D eigenvalue weighted by Crippen LogP contribution is 2.26. The van der Waals surface area contributed by atoms with Gasteiger partial charge in [-0.2, -0.15) is 10.2 Å². The first-order chi connectivity index (χ1) is 17.0. The summed E-state index contributed by atoms with van der Waals surface area (Å²) in [6.07, 6.45) is 5.00. The van der Waals surface area contributed by atoms with Gasteiger partial charge in [-0.1, -0.05) is 24.3 Å². The fraction of sp³-hybridized carbons (Fsp3) is 0.464. The fourth-order valence-corrected chi connectivity index (χ4v) is 4.87. The summed E-state index contributed by atoms with van der Waals surface area (Å²) in [6.45, 7) is 4.70. The van der Waals surface area contributed by atoms with E-state index in [2.05, 4.69) is 58.9 Å². The van der Waals surface area contributed by atoms with Gasteiger partial charge >= 0.3 is 0 Å². The van der Waals surface area contributed by atoms with Crippen LogP contribution in [0.4, 0.5) is 17.5 Å². The van der Waals surface area contributed by atoms with Crippen LogP contribution in [0.1, 0.15) is 37.7 Å². The number of aromatic nitrogens is 2. The first-order valence-corrected chi connectivity index (χ1v) is 12.7. The maximum absolute atomic E-state index is 9.06. The number of hydrogen-bond acceptors (Lipinski definition) is 7. The molecule has 1 fully saturated rings. The van der Waals surface area contributed by atoms with E-state index in [1.807, 2.05) is 37.2 Å². The van der Waals surface area contributed by atoms with Crippen molar-refractivity contribution in [3.8, 4) is 6.07 Å². The lowest BCUT2D eigenvalue weighted by Gasteiger charge is -2.31. The highest BCUT2D eigenvalue weighted by Gasteiger charge is 2.22. The number of rotatable bonds is 10. The Hall–Kier alpha value is -3.37. The lowest BCUT2D eigenvalue weighted by molar-refractivity contribution is 0.355. The summed E-state index contributed by atoms with van der Waals surface area (Å²) < 4.78 is 0. The Kier molecular flexibility index (Phi) is 8.38. The van der Waals surface area contributed by atoms with Gasteiger partial charge in [-0.25, -0.2) is 4.98 Å². The van der Waals surface area contributed by atoms with E-state index in [1.54, 1.807) is 0 Å². The summed E-state index contributed by atoms with van der Waals surface area (Å²) in [5.41, 5.74) is 3.41. The minimum atomic E-state index is 0.392. The Bertz CT molecular complexity index is 1150. The van der Waals surface area contributed by atoms with Crippen LogP contribution in [-0.4, -0.2) is 55.8 Å². The van der Waals surface area contributed by atoms with Crippen molar-refractivity contribution < 1.29 is 0 Å². The Morgan fingerprint density at radius 3 is 2.49 bits per heavy atom. The molecule has 1 heterocycles. The highest BCUT2D eigenvalue weighted by molar-refractivity contribution is 5.90. The molecule has 35 heavy (non-hydrogen) atoms. The van der Waals surface area contributed by atoms with Crippen molar-refractivity contribution in [2.75, 3.05) is 48.8 Å². The topological polar surface area (TPSA) is 80.1 Å². The van der Waals surface area contributed by atoms with Gasteiger partial charge in [0.2, 0.25) is 5.95 Å². The van der Waals surface area contributed by atoms with Gasteiger partial charge in [0.1, 0.15) is 5.82 Å². The van der Waals surface area contributed by atoms with E-state index >= 15 is 0 Å². The molecule has 184 valence electrons. The molecule has 2 N–H and O–H groups in total. The van der Waals surface area contributed by atoms with E-state index in [0.29, 0.717) is 18.5 Å². The van der Waals surface area contributed by atoms with E-state index < -0.39 is 0 Å². The van der Waals surface area contributed by atoms with Crippen LogP contribution in [0.15, 0.2) is 48.5 Å². The van der Waals surface area contributed by atoms with Crippen molar-refractivity contribution in [2.24, 2.45) is 0 Å². The summed E-state index contributed by atoms with van der Waals surface area (Å²) in [7, 11) is 4.05. The van der Waals surface area contributed by atoms with Gasteiger partial charge in [0.25, 0.3) is 0 Å². The predicted molar refractivity (Wildman–Crippen MR) is 145 cm³/mol. The lowest BCUT2D eigenvalue weighted by Crippen LogP contribution is -2.41. The molecule has 1 aliphatic rings. The molecule has 0 spiro atoms. The molecule has 3 aromatic rings. The van der Waals surface area contributed by atoms with Gasteiger partial charge in [-0.3, -0.25) is 0 Å². The van der Waals surface area contributed by atoms with Crippen LogP contribution in [0.25, 0.3) is 10.9 Å². The molecule has 0 aliphatic heterocycles. The number of nitrogens with one attached hydrogen (secondary N) is 2. The zero-order valence-electron chi connectivity index (χ0n) is 21.2. The van der Waals surface area contributed by atoms with E-state index in [9.17, 15) is 0 Å². The minimum Gasteiger partial charge on any atom is -0.369 e. The summed E-state index contributed by atoms with van der Waals surface area (Å²) >= 11 is 0. The van der Waals surface area contributed by atoms with Crippen LogP contribution in [0, 0.1) is 18.3 Å². The standard InChI is InChI=1S/C28H37N7/c1-21-8-6-9-24(20-21)35(18-7-16-29)19-17-30-22-12-14-23(15-13-22)31-28-32-26-11-5-4-10-25(26)27(33-28)34(2)3/h4-6,8-11,20,22-23,30H,7,12-15,17-19H2,1-3H3,(H,31,32,33)/t22-,23+. The van der Waals surface area contributed by atoms with E-state index in [4.69, 9.17) is 15.2 Å². The molecule has 0 bridgehead atoms. The average Bonchev–Trinajstić information content (AvgIpc) is 2.86. The molecule has 7 heteroatoms. The molecule has 1 aromatic heterocycles. The maximum atomic E-state index is 9.06. The van der Waals surface area contributed by atoms with Crippen molar-refractivity contribution in [2.45, 2.75) is 51.1 Å². The van der Waals surface area contributed by atoms with Crippen molar-refractivity contribution in [1.82, 2.24) is 15.3 Å². The molecule has 0 radical (unpaired) electrons. The van der Waals surface area contributed by atoms with E-state index in [1.165, 1.54) is 11.3 Å². The second kappa shape index (κ2) is 11.9. The smallest absolute Gasteiger partial charge is 0.225 e. The number of hydrogen-bond donors (Lipinski definition) is 2. The number of nitriles is 1. The molecular weight excluding hydrogens is 434 g/mol. The normalized spacial score (nSPS) is 17.7. The van der Waals surface area contributed by atoms with Gasteiger partial charge < -0.3 is 20.4 Å². The number of nitrogens with zero attached hydrogens (tertiary/aromatic N) is 5. The predicted octanol–water partition coefficient (Wildman–Crippen LogP) is 4.74. The van der Waals surface area contributed by atoms with Crippen LogP contribution in [-0.2, 0) is 0 Å². The summed E-state index contributed by atoms with van der Waals surface area (Å²) in [5, 5.41) is 17.5. The molecular formula is C28H37N7. The highest BCUT2D eigenvalue weighted by atomic mass is 15.2. The van der Waals surface area contributed by atoms with Crippen molar-refractivity contribution in [1.29, 1.82) is 5.26 Å². The number of benzene rings is 2. The zero-order valence-corrected chi connectivity index (χ0v) is 21.2. The monoisotopic (exact) mass is 471 g/mol. The summed E-state index contributed by atoms with van der Waals surface area (Å²) in [4.78, 5) is 13.9. The molecule has 7 nitrogen and oxygen atoms in total. The second-order valence-corrected chi connectivity index (χ2v) is 9.66. The third kappa shape index (κ3) is 6.61. The molecule has 0 atom stereocenters. The Morgan fingerprint density at radius 2 is 1.74 bits per heavy atom. The largest absolute Gasteiger partial charge is 0.369 e. The van der Waals surface area contributed by atoms with Crippen molar-refractivity contribution in [3.05, 3.63) is 54.1 Å². The van der Waals surface area contributed by atoms with Crippen LogP contribution >= 0.6 is 0 Å². The second-order valence-electron chi connectivity index (χ2n) is 9.66. The van der Waals surface area contributed by atoms with Crippen molar-refractivity contribution >= 4 is 28.4 Å². The molecule has 1 aliphatic carbocycles. The minimum absolute atomic E-state index is 0.392. The first kappa shape index (κ1) is 24.7. The number of para-hydroxylation sites is 1. The molecule has 0 unspecified atom stereocenters. The van der Waals surface area contributed by atoms with Gasteiger partial charge in [0.15, 0.2) is 0 Å². The van der Waals surface area contributed by atoms with Crippen LogP contribution in [0.5, 0.6) is 0 Å². The Balaban J connectivity index is 1.28. The van der Waals surface area contributed by atoms with Crippen LogP contribution < -0.4 is 20.4 Å². The van der Waals surface area contributed by atoms with Gasteiger partial charge in [0, 0.05) is 56.9 Å². The summed E-state index contributed by atoms with van der Waals surface area (Å²) in [5.74, 6) is 1.66. The molecule has 2 aromatic carbocycles. The van der Waals surface area contributed by atoms with Gasteiger partial charge in [0.05, 0.1) is 18.0 Å². The Morgan fingerprint density at radius 1 is 0.971 bits per heavy atom. The average molecular weight is 472 g/mol. The van der Waals surface area contributed by atoms with Crippen LogP contribution in [0.3, 0.4) is 0 Å². The molecule has 1 saturated carbocycles. The van der Waals surface area contributed by atoms with Crippen molar-refractivity contribution in [3.63, 3.8) is 0 Å². The fourth-order valence-electron chi connectivity index (χ4n) is 4.87. The number of aryl methyl sites for hydroxylation is 1. The quantitative estimate of drug-likeness (QED) is 0.442. The molecule has 4 rings (SSSR count). The third-order valence-electron chi connectivity index (χ3n) is 6.74. The molecule has 0 saturated heterocycles. The molecule has 0 amide bonds. The maximum Gasteiger partial charge on any atom is 0.225 e. The first-order valence-electron chi connectivity index (χ1n) is 12.7. The number of anilines is 3. The van der Waals surface area contributed by atoms with Gasteiger partial charge in [-0.05, 0) is 62.4 Å².